The van der Waals surface area contributed by atoms with E-state index in [1.54, 1.807) is 18.2 Å². The molecule has 1 aromatic carbocycles. The number of rotatable bonds is 5. The Bertz CT molecular complexity index is 625. The Hall–Kier alpha value is -1.11. The van der Waals surface area contributed by atoms with E-state index in [0.717, 1.165) is 36.8 Å². The van der Waals surface area contributed by atoms with E-state index in [1.807, 2.05) is 6.07 Å². The lowest BCUT2D eigenvalue weighted by Crippen LogP contribution is -2.51. The van der Waals surface area contributed by atoms with Crippen LogP contribution in [0.15, 0.2) is 24.3 Å². The molecule has 5 nitrogen and oxygen atoms in total. The van der Waals surface area contributed by atoms with Crippen LogP contribution in [0.1, 0.15) is 36.8 Å². The topological polar surface area (TPSA) is 89.3 Å². The standard InChI is InChI=1S/C15H22N2O3S.ClH/c1-21(19,20)11-13-6-4-5-12(9-13)10-17-14(18)15(16)7-2-3-8-15;/h4-6,9H,2-3,7-8,10-11,16H2,1H3,(H,17,18);1H. The van der Waals surface area contributed by atoms with Crippen LogP contribution < -0.4 is 11.1 Å². The maximum atomic E-state index is 12.1. The minimum absolute atomic E-state index is 0. The van der Waals surface area contributed by atoms with E-state index in [9.17, 15) is 13.2 Å². The van der Waals surface area contributed by atoms with Gasteiger partial charge in [-0.15, -0.1) is 12.4 Å². The molecule has 1 aliphatic carbocycles. The molecular weight excluding hydrogens is 324 g/mol. The predicted octanol–water partition coefficient (Wildman–Crippen LogP) is 1.54. The Morgan fingerprint density at radius 2 is 1.86 bits per heavy atom. The predicted molar refractivity (Wildman–Crippen MR) is 89.5 cm³/mol. The van der Waals surface area contributed by atoms with Crippen LogP contribution in [0.2, 0.25) is 0 Å². The summed E-state index contributed by atoms with van der Waals surface area (Å²) in [6, 6.07) is 7.24. The SMILES string of the molecule is CS(=O)(=O)Cc1cccc(CNC(=O)C2(N)CCCC2)c1.Cl. The van der Waals surface area contributed by atoms with Gasteiger partial charge in [-0.25, -0.2) is 8.42 Å². The summed E-state index contributed by atoms with van der Waals surface area (Å²) in [4.78, 5) is 12.1. The molecule has 3 N–H and O–H groups in total. The zero-order chi connectivity index (χ0) is 15.5. The van der Waals surface area contributed by atoms with E-state index in [0.29, 0.717) is 6.54 Å². The fourth-order valence-electron chi connectivity index (χ4n) is 2.72. The van der Waals surface area contributed by atoms with Gasteiger partial charge in [-0.05, 0) is 24.0 Å². The van der Waals surface area contributed by atoms with Crippen molar-refractivity contribution in [3.05, 3.63) is 35.4 Å². The largest absolute Gasteiger partial charge is 0.350 e. The molecule has 7 heteroatoms. The minimum Gasteiger partial charge on any atom is -0.350 e. The first-order valence-electron chi connectivity index (χ1n) is 7.11. The van der Waals surface area contributed by atoms with Crippen LogP contribution in [-0.4, -0.2) is 26.1 Å². The Kier molecular flexibility index (Phi) is 6.40. The Morgan fingerprint density at radius 1 is 1.27 bits per heavy atom. The van der Waals surface area contributed by atoms with Crippen molar-refractivity contribution in [1.82, 2.24) is 5.32 Å². The fourth-order valence-corrected chi connectivity index (χ4v) is 3.51. The molecule has 1 saturated carbocycles. The van der Waals surface area contributed by atoms with Crippen molar-refractivity contribution in [1.29, 1.82) is 0 Å². The maximum Gasteiger partial charge on any atom is 0.240 e. The first-order chi connectivity index (χ1) is 9.78. The summed E-state index contributed by atoms with van der Waals surface area (Å²) >= 11 is 0. The van der Waals surface area contributed by atoms with E-state index in [4.69, 9.17) is 5.73 Å². The number of carbonyl (C=O) groups is 1. The smallest absolute Gasteiger partial charge is 0.240 e. The Balaban J connectivity index is 0.00000242. The van der Waals surface area contributed by atoms with E-state index in [1.165, 1.54) is 6.26 Å². The molecule has 0 aromatic heterocycles. The quantitative estimate of drug-likeness (QED) is 0.846. The molecule has 0 unspecified atom stereocenters. The van der Waals surface area contributed by atoms with Gasteiger partial charge in [0.2, 0.25) is 5.91 Å². The van der Waals surface area contributed by atoms with E-state index in [2.05, 4.69) is 5.32 Å². The Morgan fingerprint density at radius 3 is 2.45 bits per heavy atom. The summed E-state index contributed by atoms with van der Waals surface area (Å²) in [6.07, 6.45) is 4.65. The average molecular weight is 347 g/mol. The van der Waals surface area contributed by atoms with Gasteiger partial charge >= 0.3 is 0 Å². The van der Waals surface area contributed by atoms with Crippen LogP contribution in [0.25, 0.3) is 0 Å². The third-order valence-corrected chi connectivity index (χ3v) is 4.68. The number of nitrogens with one attached hydrogen (secondary N) is 1. The lowest BCUT2D eigenvalue weighted by atomic mass is 9.98. The van der Waals surface area contributed by atoms with Crippen molar-refractivity contribution in [3.8, 4) is 0 Å². The summed E-state index contributed by atoms with van der Waals surface area (Å²) in [5.41, 5.74) is 6.97. The highest BCUT2D eigenvalue weighted by Gasteiger charge is 2.36. The van der Waals surface area contributed by atoms with Crippen molar-refractivity contribution in [3.63, 3.8) is 0 Å². The zero-order valence-corrected chi connectivity index (χ0v) is 14.3. The summed E-state index contributed by atoms with van der Waals surface area (Å²) in [5, 5.41) is 2.86. The van der Waals surface area contributed by atoms with Gasteiger partial charge in [0, 0.05) is 12.8 Å². The van der Waals surface area contributed by atoms with Crippen LogP contribution in [0.3, 0.4) is 0 Å². The molecular formula is C15H23ClN2O3S. The monoisotopic (exact) mass is 346 g/mol. The number of carbonyl (C=O) groups excluding carboxylic acids is 1. The summed E-state index contributed by atoms with van der Waals surface area (Å²) in [6.45, 7) is 0.370. The molecule has 2 rings (SSSR count). The third-order valence-electron chi connectivity index (χ3n) is 3.82. The molecule has 22 heavy (non-hydrogen) atoms. The minimum atomic E-state index is -3.06. The normalized spacial score (nSPS) is 16.8. The van der Waals surface area contributed by atoms with Gasteiger partial charge < -0.3 is 11.1 Å². The van der Waals surface area contributed by atoms with Crippen LogP contribution in [0.5, 0.6) is 0 Å². The summed E-state index contributed by atoms with van der Waals surface area (Å²) in [7, 11) is -3.06. The van der Waals surface area contributed by atoms with Crippen molar-refractivity contribution in [2.45, 2.75) is 43.5 Å². The highest BCUT2D eigenvalue weighted by Crippen LogP contribution is 2.27. The van der Waals surface area contributed by atoms with E-state index in [-0.39, 0.29) is 24.1 Å². The van der Waals surface area contributed by atoms with Crippen molar-refractivity contribution in [2.75, 3.05) is 6.26 Å². The van der Waals surface area contributed by atoms with Crippen LogP contribution in [0, 0.1) is 0 Å². The van der Waals surface area contributed by atoms with Gasteiger partial charge in [0.15, 0.2) is 9.84 Å². The number of benzene rings is 1. The molecule has 0 spiro atoms. The summed E-state index contributed by atoms with van der Waals surface area (Å²) < 4.78 is 22.6. The van der Waals surface area contributed by atoms with Crippen LogP contribution in [-0.2, 0) is 26.9 Å². The third kappa shape index (κ3) is 5.26. The number of nitrogens with two attached hydrogens (primary N) is 1. The second-order valence-corrected chi connectivity index (χ2v) is 8.08. The molecule has 1 aromatic rings. The molecule has 0 bridgehead atoms. The Labute approximate surface area is 138 Å². The second kappa shape index (κ2) is 7.44. The number of hydrogen-bond acceptors (Lipinski definition) is 4. The number of amides is 1. The first kappa shape index (κ1) is 18.9. The second-order valence-electron chi connectivity index (χ2n) is 5.94. The molecule has 1 aliphatic rings. The van der Waals surface area contributed by atoms with Gasteiger partial charge in [0.1, 0.15) is 0 Å². The van der Waals surface area contributed by atoms with E-state index < -0.39 is 15.4 Å². The summed E-state index contributed by atoms with van der Waals surface area (Å²) in [5.74, 6) is -0.108. The van der Waals surface area contributed by atoms with Gasteiger partial charge in [0.25, 0.3) is 0 Å². The van der Waals surface area contributed by atoms with Crippen molar-refractivity contribution >= 4 is 28.2 Å². The molecule has 0 aliphatic heterocycles. The highest BCUT2D eigenvalue weighted by atomic mass is 35.5. The van der Waals surface area contributed by atoms with Crippen molar-refractivity contribution < 1.29 is 13.2 Å². The van der Waals surface area contributed by atoms with Gasteiger partial charge in [-0.3, -0.25) is 4.79 Å². The van der Waals surface area contributed by atoms with Gasteiger partial charge in [-0.2, -0.15) is 0 Å². The first-order valence-corrected chi connectivity index (χ1v) is 9.17. The zero-order valence-electron chi connectivity index (χ0n) is 12.7. The van der Waals surface area contributed by atoms with E-state index >= 15 is 0 Å². The van der Waals surface area contributed by atoms with Crippen LogP contribution >= 0.6 is 12.4 Å². The molecule has 0 atom stereocenters. The molecule has 0 saturated heterocycles. The van der Waals surface area contributed by atoms with Crippen LogP contribution in [0.4, 0.5) is 0 Å². The molecule has 1 fully saturated rings. The fraction of sp³-hybridized carbons (Fsp3) is 0.533. The maximum absolute atomic E-state index is 12.1. The van der Waals surface area contributed by atoms with Crippen molar-refractivity contribution in [2.24, 2.45) is 5.73 Å². The number of sulfone groups is 1. The highest BCUT2D eigenvalue weighted by molar-refractivity contribution is 7.89. The van der Waals surface area contributed by atoms with Gasteiger partial charge in [0.05, 0.1) is 11.3 Å². The number of halogens is 1. The number of hydrogen-bond donors (Lipinski definition) is 2. The molecule has 124 valence electrons. The molecule has 1 amide bonds. The lowest BCUT2D eigenvalue weighted by molar-refractivity contribution is -0.126. The lowest BCUT2D eigenvalue weighted by Gasteiger charge is -2.22. The molecule has 0 radical (unpaired) electrons. The molecule has 0 heterocycles. The average Bonchev–Trinajstić information content (AvgIpc) is 2.83. The van der Waals surface area contributed by atoms with Gasteiger partial charge in [-0.1, -0.05) is 37.1 Å².